The van der Waals surface area contributed by atoms with Crippen LogP contribution in [0.15, 0.2) is 24.3 Å². The van der Waals surface area contributed by atoms with E-state index in [1.807, 2.05) is 4.90 Å². The Kier molecular flexibility index (Phi) is 4.23. The van der Waals surface area contributed by atoms with Crippen LogP contribution in [0, 0.1) is 5.82 Å². The standard InChI is InChI=1S/C16H22FNO/c1-3-11-18(12-4-2)15(19)16(9-10-16)13-5-7-14(17)8-6-13/h5-8H,3-4,9-12H2,1-2H3. The van der Waals surface area contributed by atoms with Gasteiger partial charge in [0.05, 0.1) is 5.41 Å². The minimum atomic E-state index is -0.363. The Bertz CT molecular complexity index is 431. The van der Waals surface area contributed by atoms with E-state index >= 15 is 0 Å². The zero-order valence-corrected chi connectivity index (χ0v) is 11.8. The predicted molar refractivity (Wildman–Crippen MR) is 74.5 cm³/mol. The first-order chi connectivity index (χ1) is 9.14. The maximum absolute atomic E-state index is 13.0. The first-order valence-corrected chi connectivity index (χ1v) is 7.19. The Morgan fingerprint density at radius 2 is 1.68 bits per heavy atom. The van der Waals surface area contributed by atoms with Crippen LogP contribution >= 0.6 is 0 Å². The summed E-state index contributed by atoms with van der Waals surface area (Å²) in [4.78, 5) is 14.7. The second-order valence-corrected chi connectivity index (χ2v) is 5.38. The number of carbonyl (C=O) groups is 1. The molecule has 3 heteroatoms. The van der Waals surface area contributed by atoms with Crippen molar-refractivity contribution >= 4 is 5.91 Å². The average molecular weight is 263 g/mol. The van der Waals surface area contributed by atoms with Gasteiger partial charge in [0.15, 0.2) is 0 Å². The fourth-order valence-electron chi connectivity index (χ4n) is 2.68. The highest BCUT2D eigenvalue weighted by molar-refractivity contribution is 5.91. The maximum Gasteiger partial charge on any atom is 0.233 e. The fraction of sp³-hybridized carbons (Fsp3) is 0.562. The Morgan fingerprint density at radius 1 is 1.16 bits per heavy atom. The number of hydrogen-bond acceptors (Lipinski definition) is 1. The highest BCUT2D eigenvalue weighted by atomic mass is 19.1. The summed E-state index contributed by atoms with van der Waals surface area (Å²) in [6.07, 6.45) is 3.74. The summed E-state index contributed by atoms with van der Waals surface area (Å²) in [5.41, 5.74) is 0.606. The maximum atomic E-state index is 13.0. The summed E-state index contributed by atoms with van der Waals surface area (Å²) < 4.78 is 13.0. The van der Waals surface area contributed by atoms with Crippen LogP contribution in [0.4, 0.5) is 4.39 Å². The predicted octanol–water partition coefficient (Wildman–Crippen LogP) is 3.51. The molecule has 0 aromatic heterocycles. The number of amides is 1. The molecular weight excluding hydrogens is 241 g/mol. The van der Waals surface area contributed by atoms with E-state index in [9.17, 15) is 9.18 Å². The van der Waals surface area contributed by atoms with Gasteiger partial charge in [-0.2, -0.15) is 0 Å². The van der Waals surface area contributed by atoms with E-state index in [1.54, 1.807) is 12.1 Å². The van der Waals surface area contributed by atoms with Gasteiger partial charge in [0, 0.05) is 13.1 Å². The first-order valence-electron chi connectivity index (χ1n) is 7.19. The summed E-state index contributed by atoms with van der Waals surface area (Å²) in [5.74, 6) is -0.0196. The van der Waals surface area contributed by atoms with Gasteiger partial charge in [-0.3, -0.25) is 4.79 Å². The smallest absolute Gasteiger partial charge is 0.233 e. The molecule has 0 radical (unpaired) electrons. The molecule has 19 heavy (non-hydrogen) atoms. The zero-order valence-electron chi connectivity index (χ0n) is 11.8. The van der Waals surface area contributed by atoms with E-state index in [4.69, 9.17) is 0 Å². The van der Waals surface area contributed by atoms with Crippen molar-refractivity contribution in [1.29, 1.82) is 0 Å². The van der Waals surface area contributed by atoms with Crippen molar-refractivity contribution in [2.75, 3.05) is 13.1 Å². The van der Waals surface area contributed by atoms with E-state index in [-0.39, 0.29) is 17.1 Å². The van der Waals surface area contributed by atoms with Gasteiger partial charge in [0.25, 0.3) is 0 Å². The fourth-order valence-corrected chi connectivity index (χ4v) is 2.68. The lowest BCUT2D eigenvalue weighted by atomic mass is 9.94. The largest absolute Gasteiger partial charge is 0.342 e. The Hall–Kier alpha value is -1.38. The van der Waals surface area contributed by atoms with Crippen molar-refractivity contribution in [3.63, 3.8) is 0 Å². The molecule has 1 aromatic rings. The van der Waals surface area contributed by atoms with Crippen LogP contribution in [-0.4, -0.2) is 23.9 Å². The number of carbonyl (C=O) groups excluding carboxylic acids is 1. The molecule has 2 rings (SSSR count). The summed E-state index contributed by atoms with van der Waals surface area (Å²) in [6.45, 7) is 5.81. The molecule has 0 N–H and O–H groups in total. The molecular formula is C16H22FNO. The van der Waals surface area contributed by atoms with Gasteiger partial charge in [-0.1, -0.05) is 26.0 Å². The number of nitrogens with zero attached hydrogens (tertiary/aromatic N) is 1. The van der Waals surface area contributed by atoms with Crippen molar-refractivity contribution < 1.29 is 9.18 Å². The number of halogens is 1. The Morgan fingerprint density at radius 3 is 2.11 bits per heavy atom. The van der Waals surface area contributed by atoms with Crippen LogP contribution in [-0.2, 0) is 10.2 Å². The molecule has 0 bridgehead atoms. The third-order valence-electron chi connectivity index (χ3n) is 3.83. The van der Waals surface area contributed by atoms with E-state index in [1.165, 1.54) is 12.1 Å². The van der Waals surface area contributed by atoms with Crippen LogP contribution < -0.4 is 0 Å². The van der Waals surface area contributed by atoms with Gasteiger partial charge in [0.1, 0.15) is 5.82 Å². The second-order valence-electron chi connectivity index (χ2n) is 5.38. The molecule has 1 amide bonds. The zero-order chi connectivity index (χ0) is 13.9. The minimum Gasteiger partial charge on any atom is -0.342 e. The van der Waals surface area contributed by atoms with Crippen molar-refractivity contribution in [2.24, 2.45) is 0 Å². The van der Waals surface area contributed by atoms with Crippen LogP contribution in [0.1, 0.15) is 45.1 Å². The monoisotopic (exact) mass is 263 g/mol. The molecule has 0 heterocycles. The topological polar surface area (TPSA) is 20.3 Å². The second kappa shape index (κ2) is 5.72. The molecule has 0 aliphatic heterocycles. The average Bonchev–Trinajstić information content (AvgIpc) is 3.20. The van der Waals surface area contributed by atoms with Gasteiger partial charge in [-0.15, -0.1) is 0 Å². The SMILES string of the molecule is CCCN(CCC)C(=O)C1(c2ccc(F)cc2)CC1. The highest BCUT2D eigenvalue weighted by Gasteiger charge is 2.52. The summed E-state index contributed by atoms with van der Waals surface area (Å²) in [7, 11) is 0. The van der Waals surface area contributed by atoms with E-state index in [0.29, 0.717) is 0 Å². The highest BCUT2D eigenvalue weighted by Crippen LogP contribution is 2.49. The molecule has 0 spiro atoms. The van der Waals surface area contributed by atoms with Crippen molar-refractivity contribution in [1.82, 2.24) is 4.90 Å². The number of rotatable bonds is 6. The number of hydrogen-bond donors (Lipinski definition) is 0. The lowest BCUT2D eigenvalue weighted by Gasteiger charge is -2.27. The summed E-state index contributed by atoms with van der Waals surface area (Å²) in [5, 5.41) is 0. The van der Waals surface area contributed by atoms with Crippen LogP contribution in [0.2, 0.25) is 0 Å². The van der Waals surface area contributed by atoms with Gasteiger partial charge in [-0.05, 0) is 43.4 Å². The molecule has 1 aromatic carbocycles. The van der Waals surface area contributed by atoms with Gasteiger partial charge >= 0.3 is 0 Å². The Labute approximate surface area is 114 Å². The normalized spacial score (nSPS) is 16.2. The Balaban J connectivity index is 2.19. The van der Waals surface area contributed by atoms with E-state index in [0.717, 1.165) is 44.3 Å². The lowest BCUT2D eigenvalue weighted by molar-refractivity contribution is -0.134. The third-order valence-corrected chi connectivity index (χ3v) is 3.83. The summed E-state index contributed by atoms with van der Waals surface area (Å²) >= 11 is 0. The van der Waals surface area contributed by atoms with E-state index in [2.05, 4.69) is 13.8 Å². The molecule has 1 aliphatic rings. The molecule has 0 saturated heterocycles. The van der Waals surface area contributed by atoms with Gasteiger partial charge in [-0.25, -0.2) is 4.39 Å². The molecule has 0 unspecified atom stereocenters. The molecule has 0 atom stereocenters. The van der Waals surface area contributed by atoms with Crippen molar-refractivity contribution in [3.8, 4) is 0 Å². The molecule has 1 fully saturated rings. The molecule has 1 saturated carbocycles. The first kappa shape index (κ1) is 14.0. The summed E-state index contributed by atoms with van der Waals surface area (Å²) in [6, 6.07) is 6.42. The van der Waals surface area contributed by atoms with E-state index < -0.39 is 0 Å². The van der Waals surface area contributed by atoms with Crippen LogP contribution in [0.25, 0.3) is 0 Å². The molecule has 104 valence electrons. The minimum absolute atomic E-state index is 0.225. The van der Waals surface area contributed by atoms with Crippen molar-refractivity contribution in [2.45, 2.75) is 44.9 Å². The van der Waals surface area contributed by atoms with Crippen molar-refractivity contribution in [3.05, 3.63) is 35.6 Å². The van der Waals surface area contributed by atoms with Gasteiger partial charge in [0.2, 0.25) is 5.91 Å². The molecule has 1 aliphatic carbocycles. The van der Waals surface area contributed by atoms with Gasteiger partial charge < -0.3 is 4.90 Å². The lowest BCUT2D eigenvalue weighted by Crippen LogP contribution is -2.40. The van der Waals surface area contributed by atoms with Crippen LogP contribution in [0.5, 0.6) is 0 Å². The van der Waals surface area contributed by atoms with Crippen LogP contribution in [0.3, 0.4) is 0 Å². The number of benzene rings is 1. The quantitative estimate of drug-likeness (QED) is 0.769. The third kappa shape index (κ3) is 2.80. The molecule has 2 nitrogen and oxygen atoms in total.